The highest BCUT2D eigenvalue weighted by Gasteiger charge is 2.72. The third kappa shape index (κ3) is 1.09. The number of esters is 1. The van der Waals surface area contributed by atoms with Crippen LogP contribution in [0.1, 0.15) is 32.1 Å². The number of hydrogen-bond donors (Lipinski definition) is 2. The van der Waals surface area contributed by atoms with E-state index in [4.69, 9.17) is 4.74 Å². The SMILES string of the molecule is C=CC(=O)OC12CC3CC(O)(C1)C(O)(C3)C2. The zero-order valence-electron chi connectivity index (χ0n) is 9.11. The van der Waals surface area contributed by atoms with Crippen molar-refractivity contribution in [2.24, 2.45) is 5.92 Å². The van der Waals surface area contributed by atoms with Crippen LogP contribution in [0.25, 0.3) is 0 Å². The van der Waals surface area contributed by atoms with Gasteiger partial charge in [-0.3, -0.25) is 0 Å². The third-order valence-electron chi connectivity index (χ3n) is 4.49. The van der Waals surface area contributed by atoms with E-state index in [1.807, 2.05) is 0 Å². The van der Waals surface area contributed by atoms with Crippen LogP contribution in [0.4, 0.5) is 0 Å². The lowest BCUT2D eigenvalue weighted by atomic mass is 9.77. The molecule has 0 radical (unpaired) electrons. The van der Waals surface area contributed by atoms with Crippen molar-refractivity contribution in [3.63, 3.8) is 0 Å². The molecule has 0 aromatic carbocycles. The Balaban J connectivity index is 1.91. The van der Waals surface area contributed by atoms with Gasteiger partial charge in [0.2, 0.25) is 0 Å². The van der Waals surface area contributed by atoms with Crippen LogP contribution < -0.4 is 0 Å². The normalized spacial score (nSPS) is 53.0. The second-order valence-electron chi connectivity index (χ2n) is 5.70. The van der Waals surface area contributed by atoms with E-state index in [0.29, 0.717) is 25.7 Å². The van der Waals surface area contributed by atoms with E-state index in [-0.39, 0.29) is 5.92 Å². The van der Waals surface area contributed by atoms with E-state index in [1.165, 1.54) is 0 Å². The Morgan fingerprint density at radius 2 is 1.81 bits per heavy atom. The summed E-state index contributed by atoms with van der Waals surface area (Å²) in [5.41, 5.74) is -2.75. The Morgan fingerprint density at radius 3 is 2.25 bits per heavy atom. The maximum Gasteiger partial charge on any atom is 0.330 e. The minimum atomic E-state index is -1.04. The zero-order valence-corrected chi connectivity index (χ0v) is 9.11. The van der Waals surface area contributed by atoms with Crippen molar-refractivity contribution in [3.8, 4) is 0 Å². The average Bonchev–Trinajstić information content (AvgIpc) is 2.39. The largest absolute Gasteiger partial charge is 0.456 e. The molecular weight excluding hydrogens is 208 g/mol. The van der Waals surface area contributed by atoms with E-state index in [2.05, 4.69) is 6.58 Å². The quantitative estimate of drug-likeness (QED) is 0.530. The van der Waals surface area contributed by atoms with Gasteiger partial charge in [0.05, 0.1) is 11.2 Å². The van der Waals surface area contributed by atoms with E-state index in [9.17, 15) is 15.0 Å². The summed E-state index contributed by atoms with van der Waals surface area (Å²) in [6.07, 6.45) is 3.90. The predicted octanol–water partition coefficient (Wildman–Crippen LogP) is 0.524. The minimum Gasteiger partial charge on any atom is -0.456 e. The van der Waals surface area contributed by atoms with E-state index in [0.717, 1.165) is 12.5 Å². The van der Waals surface area contributed by atoms with Crippen molar-refractivity contribution in [2.75, 3.05) is 0 Å². The van der Waals surface area contributed by atoms with Crippen molar-refractivity contribution in [3.05, 3.63) is 12.7 Å². The lowest BCUT2D eigenvalue weighted by Gasteiger charge is -2.38. The molecule has 4 bridgehead atoms. The molecule has 16 heavy (non-hydrogen) atoms. The van der Waals surface area contributed by atoms with Gasteiger partial charge < -0.3 is 14.9 Å². The lowest BCUT2D eigenvalue weighted by Crippen LogP contribution is -2.44. The van der Waals surface area contributed by atoms with E-state index >= 15 is 0 Å². The molecule has 0 aromatic rings. The zero-order chi connectivity index (χ0) is 11.6. The van der Waals surface area contributed by atoms with Crippen LogP contribution in [0.3, 0.4) is 0 Å². The Kier molecular flexibility index (Phi) is 1.73. The fourth-order valence-electron chi connectivity index (χ4n) is 4.19. The molecule has 4 rings (SSSR count). The third-order valence-corrected chi connectivity index (χ3v) is 4.49. The van der Waals surface area contributed by atoms with Crippen LogP contribution in [-0.4, -0.2) is 33.0 Å². The van der Waals surface area contributed by atoms with Crippen LogP contribution in [0.15, 0.2) is 12.7 Å². The molecule has 2 N–H and O–H groups in total. The molecule has 4 aliphatic rings. The van der Waals surface area contributed by atoms with Crippen molar-refractivity contribution in [2.45, 2.75) is 48.9 Å². The molecule has 4 fully saturated rings. The van der Waals surface area contributed by atoms with Gasteiger partial charge in [-0.25, -0.2) is 4.79 Å². The molecule has 4 heteroatoms. The van der Waals surface area contributed by atoms with Crippen molar-refractivity contribution < 1.29 is 19.7 Å². The lowest BCUT2D eigenvalue weighted by molar-refractivity contribution is -0.161. The first-order chi connectivity index (χ1) is 7.40. The summed E-state index contributed by atoms with van der Waals surface area (Å²) in [5, 5.41) is 20.7. The van der Waals surface area contributed by atoms with E-state index < -0.39 is 22.8 Å². The summed E-state index contributed by atoms with van der Waals surface area (Å²) in [6.45, 7) is 3.37. The highest BCUT2D eigenvalue weighted by molar-refractivity contribution is 5.81. The second-order valence-corrected chi connectivity index (χ2v) is 5.70. The summed E-state index contributed by atoms with van der Waals surface area (Å²) in [7, 11) is 0. The number of aliphatic hydroxyl groups is 2. The van der Waals surface area contributed by atoms with Crippen LogP contribution in [0, 0.1) is 5.92 Å². The Labute approximate surface area is 93.9 Å². The molecule has 4 aliphatic carbocycles. The predicted molar refractivity (Wildman–Crippen MR) is 55.5 cm³/mol. The molecule has 0 spiro atoms. The summed E-state index contributed by atoms with van der Waals surface area (Å²) in [4.78, 5) is 11.3. The summed E-state index contributed by atoms with van der Waals surface area (Å²) in [5.74, 6) is -0.190. The first-order valence-electron chi connectivity index (χ1n) is 5.71. The van der Waals surface area contributed by atoms with Gasteiger partial charge in [-0.2, -0.15) is 0 Å². The number of carbonyl (C=O) groups excluding carboxylic acids is 1. The van der Waals surface area contributed by atoms with Crippen LogP contribution in [0.2, 0.25) is 0 Å². The topological polar surface area (TPSA) is 66.8 Å². The Morgan fingerprint density at radius 1 is 1.25 bits per heavy atom. The number of rotatable bonds is 2. The summed E-state index contributed by atoms with van der Waals surface area (Å²) < 4.78 is 5.37. The van der Waals surface area contributed by atoms with Gasteiger partial charge >= 0.3 is 5.97 Å². The van der Waals surface area contributed by atoms with Gasteiger partial charge in [0.15, 0.2) is 0 Å². The maximum atomic E-state index is 11.3. The first kappa shape index (κ1) is 10.3. The fourth-order valence-corrected chi connectivity index (χ4v) is 4.19. The molecule has 4 nitrogen and oxygen atoms in total. The molecule has 2 unspecified atom stereocenters. The summed E-state index contributed by atoms with van der Waals surface area (Å²) >= 11 is 0. The van der Waals surface area contributed by atoms with Crippen LogP contribution in [0.5, 0.6) is 0 Å². The fraction of sp³-hybridized carbons (Fsp3) is 0.750. The highest BCUT2D eigenvalue weighted by Crippen LogP contribution is 2.65. The Hall–Kier alpha value is -0.870. The molecule has 0 aromatic heterocycles. The van der Waals surface area contributed by atoms with Gasteiger partial charge in [-0.1, -0.05) is 6.58 Å². The van der Waals surface area contributed by atoms with Gasteiger partial charge in [-0.15, -0.1) is 0 Å². The maximum absolute atomic E-state index is 11.3. The first-order valence-corrected chi connectivity index (χ1v) is 5.71. The number of ether oxygens (including phenoxy) is 1. The van der Waals surface area contributed by atoms with Crippen LogP contribution in [-0.2, 0) is 9.53 Å². The summed E-state index contributed by atoms with van der Waals surface area (Å²) in [6, 6.07) is 0. The molecule has 0 amide bonds. The van der Waals surface area contributed by atoms with E-state index in [1.54, 1.807) is 0 Å². The molecule has 0 saturated heterocycles. The van der Waals surface area contributed by atoms with Gasteiger partial charge in [0.25, 0.3) is 0 Å². The minimum absolute atomic E-state index is 0.273. The van der Waals surface area contributed by atoms with Crippen molar-refractivity contribution >= 4 is 5.97 Å². The molecule has 0 aliphatic heterocycles. The van der Waals surface area contributed by atoms with Gasteiger partial charge in [-0.05, 0) is 25.2 Å². The smallest absolute Gasteiger partial charge is 0.330 e. The monoisotopic (exact) mass is 224 g/mol. The van der Waals surface area contributed by atoms with Gasteiger partial charge in [0, 0.05) is 18.9 Å². The number of carbonyl (C=O) groups is 1. The molecule has 4 saturated carbocycles. The molecule has 88 valence electrons. The molecule has 2 atom stereocenters. The average molecular weight is 224 g/mol. The standard InChI is InChI=1S/C12H16O4/c1-2-9(13)16-10-3-8-4-11(14,6-10)12(15,5-8)7-10/h2,8,14-15H,1,3-7H2. The second kappa shape index (κ2) is 2.68. The van der Waals surface area contributed by atoms with Gasteiger partial charge in [0.1, 0.15) is 5.60 Å². The molecular formula is C12H16O4. The van der Waals surface area contributed by atoms with Crippen molar-refractivity contribution in [1.82, 2.24) is 0 Å². The Bertz CT molecular complexity index is 357. The van der Waals surface area contributed by atoms with Crippen LogP contribution >= 0.6 is 0 Å². The molecule has 0 heterocycles. The highest BCUT2D eigenvalue weighted by atomic mass is 16.6. The number of hydrogen-bond acceptors (Lipinski definition) is 4. The van der Waals surface area contributed by atoms with Crippen molar-refractivity contribution in [1.29, 1.82) is 0 Å².